The minimum absolute atomic E-state index is 0.415. The zero-order valence-corrected chi connectivity index (χ0v) is 13.4. The number of nitrogens with one attached hydrogen (secondary N) is 1. The van der Waals surface area contributed by atoms with E-state index in [-0.39, 0.29) is 0 Å². The predicted octanol–water partition coefficient (Wildman–Crippen LogP) is 3.75. The zero-order chi connectivity index (χ0) is 15.6. The molecule has 2 rings (SSSR count). The van der Waals surface area contributed by atoms with Crippen LogP contribution in [0.4, 0.5) is 0 Å². The van der Waals surface area contributed by atoms with Crippen LogP contribution in [0.25, 0.3) is 5.57 Å². The van der Waals surface area contributed by atoms with E-state index in [4.69, 9.17) is 23.2 Å². The lowest BCUT2D eigenvalue weighted by Crippen LogP contribution is -2.32. The highest BCUT2D eigenvalue weighted by Gasteiger charge is 2.32. The van der Waals surface area contributed by atoms with Crippen molar-refractivity contribution in [1.82, 2.24) is 15.2 Å². The summed E-state index contributed by atoms with van der Waals surface area (Å²) >= 11 is 12.1. The first-order valence-corrected chi connectivity index (χ1v) is 7.24. The molecule has 1 aromatic heterocycles. The van der Waals surface area contributed by atoms with Crippen LogP contribution in [-0.4, -0.2) is 26.4 Å². The van der Waals surface area contributed by atoms with Crippen LogP contribution < -0.4 is 0 Å². The monoisotopic (exact) mass is 325 g/mol. The number of halogens is 2. The van der Waals surface area contributed by atoms with Crippen molar-refractivity contribution in [3.05, 3.63) is 52.5 Å². The molecule has 0 spiro atoms. The Hall–Kier alpha value is -1.36. The molecule has 4 nitrogen and oxygen atoms in total. The maximum atomic E-state index is 10.6. The highest BCUT2D eigenvalue weighted by molar-refractivity contribution is 6.35. The lowest BCUT2D eigenvalue weighted by molar-refractivity contribution is 0.0989. The largest absolute Gasteiger partial charge is 0.388 e. The van der Waals surface area contributed by atoms with Gasteiger partial charge in [0, 0.05) is 15.6 Å². The summed E-state index contributed by atoms with van der Waals surface area (Å²) in [5.74, 6) is 0.415. The molecule has 0 saturated heterocycles. The van der Waals surface area contributed by atoms with Crippen LogP contribution >= 0.6 is 23.2 Å². The highest BCUT2D eigenvalue weighted by Crippen LogP contribution is 2.35. The molecule has 0 radical (unpaired) electrons. The van der Waals surface area contributed by atoms with Gasteiger partial charge < -0.3 is 5.11 Å². The first-order chi connectivity index (χ1) is 9.81. The van der Waals surface area contributed by atoms with Crippen LogP contribution in [0.3, 0.4) is 0 Å². The van der Waals surface area contributed by atoms with E-state index in [1.807, 2.05) is 19.9 Å². The zero-order valence-electron chi connectivity index (χ0n) is 11.9. The normalized spacial score (nSPS) is 13.2. The lowest BCUT2D eigenvalue weighted by Gasteiger charge is -2.31. The molecular formula is C15H17Cl2N3O. The van der Waals surface area contributed by atoms with Crippen LogP contribution in [0.2, 0.25) is 10.0 Å². The van der Waals surface area contributed by atoms with E-state index in [9.17, 15) is 5.11 Å². The molecule has 1 unspecified atom stereocenters. The summed E-state index contributed by atoms with van der Waals surface area (Å²) in [5, 5.41) is 18.3. The maximum absolute atomic E-state index is 10.6. The number of aromatic amines is 1. The molecule has 21 heavy (non-hydrogen) atoms. The highest BCUT2D eigenvalue weighted by atomic mass is 35.5. The Kier molecular flexibility index (Phi) is 4.71. The third kappa shape index (κ3) is 3.64. The van der Waals surface area contributed by atoms with E-state index in [1.54, 1.807) is 12.1 Å². The molecule has 0 aliphatic rings. The van der Waals surface area contributed by atoms with Gasteiger partial charge in [0.2, 0.25) is 0 Å². The minimum Gasteiger partial charge on any atom is -0.388 e. The molecule has 0 fully saturated rings. The van der Waals surface area contributed by atoms with Crippen molar-refractivity contribution in [1.29, 1.82) is 0 Å². The average Bonchev–Trinajstić information content (AvgIpc) is 2.94. The third-order valence-electron chi connectivity index (χ3n) is 3.43. The Morgan fingerprint density at radius 1 is 1.43 bits per heavy atom. The fourth-order valence-corrected chi connectivity index (χ4v) is 2.69. The first kappa shape index (κ1) is 16.0. The van der Waals surface area contributed by atoms with Crippen molar-refractivity contribution in [3.8, 4) is 0 Å². The molecule has 0 saturated carbocycles. The molecule has 112 valence electrons. The van der Waals surface area contributed by atoms with E-state index in [0.717, 1.165) is 5.56 Å². The van der Waals surface area contributed by atoms with E-state index in [2.05, 4.69) is 21.8 Å². The Bertz CT molecular complexity index is 638. The van der Waals surface area contributed by atoms with Gasteiger partial charge in [0.05, 0.1) is 6.10 Å². The molecule has 2 aromatic rings. The Balaban J connectivity index is 2.19. The second kappa shape index (κ2) is 6.18. The SMILES string of the molecule is C=C(c1nc[nH]n1)C(O)C(C)(C)Cc1ccc(Cl)cc1Cl. The third-order valence-corrected chi connectivity index (χ3v) is 4.02. The van der Waals surface area contributed by atoms with Gasteiger partial charge in [-0.15, -0.1) is 0 Å². The summed E-state index contributed by atoms with van der Waals surface area (Å²) in [6.45, 7) is 7.78. The number of rotatable bonds is 5. The molecule has 1 heterocycles. The van der Waals surface area contributed by atoms with Crippen molar-refractivity contribution in [2.45, 2.75) is 26.4 Å². The summed E-state index contributed by atoms with van der Waals surface area (Å²) < 4.78 is 0. The molecule has 0 bridgehead atoms. The van der Waals surface area contributed by atoms with Gasteiger partial charge in [-0.3, -0.25) is 5.10 Å². The van der Waals surface area contributed by atoms with Crippen molar-refractivity contribution in [3.63, 3.8) is 0 Å². The smallest absolute Gasteiger partial charge is 0.178 e. The molecular weight excluding hydrogens is 309 g/mol. The van der Waals surface area contributed by atoms with Crippen molar-refractivity contribution in [2.24, 2.45) is 5.41 Å². The first-order valence-electron chi connectivity index (χ1n) is 6.48. The van der Waals surface area contributed by atoms with Crippen LogP contribution in [0.5, 0.6) is 0 Å². The fraction of sp³-hybridized carbons (Fsp3) is 0.333. The average molecular weight is 326 g/mol. The van der Waals surface area contributed by atoms with E-state index < -0.39 is 11.5 Å². The summed E-state index contributed by atoms with van der Waals surface area (Å²) in [4.78, 5) is 4.02. The van der Waals surface area contributed by atoms with Crippen molar-refractivity contribution >= 4 is 28.8 Å². The molecule has 1 aromatic carbocycles. The predicted molar refractivity (Wildman–Crippen MR) is 85.4 cm³/mol. The molecule has 0 amide bonds. The number of aliphatic hydroxyl groups excluding tert-OH is 1. The van der Waals surface area contributed by atoms with Gasteiger partial charge in [0.1, 0.15) is 6.33 Å². The Morgan fingerprint density at radius 3 is 2.71 bits per heavy atom. The number of nitrogens with zero attached hydrogens (tertiary/aromatic N) is 2. The molecule has 0 aliphatic carbocycles. The standard InChI is InChI=1S/C15H17Cl2N3O/c1-9(14-18-8-19-20-14)13(21)15(2,3)7-10-4-5-11(16)6-12(10)17/h4-6,8,13,21H,1,7H2,2-3H3,(H,18,19,20). The quantitative estimate of drug-likeness (QED) is 0.879. The second-order valence-corrected chi connectivity index (χ2v) is 6.50. The van der Waals surface area contributed by atoms with Crippen molar-refractivity contribution < 1.29 is 5.11 Å². The Morgan fingerprint density at radius 2 is 2.14 bits per heavy atom. The summed E-state index contributed by atoms with van der Waals surface area (Å²) in [6.07, 6.45) is 1.24. The van der Waals surface area contributed by atoms with E-state index >= 15 is 0 Å². The number of aliphatic hydroxyl groups is 1. The topological polar surface area (TPSA) is 61.8 Å². The number of aromatic nitrogens is 3. The molecule has 0 aliphatic heterocycles. The van der Waals surface area contributed by atoms with Crippen LogP contribution in [0.1, 0.15) is 25.2 Å². The number of hydrogen-bond acceptors (Lipinski definition) is 3. The lowest BCUT2D eigenvalue weighted by atomic mass is 9.77. The van der Waals surface area contributed by atoms with Crippen LogP contribution in [0.15, 0.2) is 31.1 Å². The van der Waals surface area contributed by atoms with E-state index in [1.165, 1.54) is 6.33 Å². The number of H-pyrrole nitrogens is 1. The van der Waals surface area contributed by atoms with E-state index in [0.29, 0.717) is 27.9 Å². The summed E-state index contributed by atoms with van der Waals surface area (Å²) in [6, 6.07) is 5.36. The van der Waals surface area contributed by atoms with Gasteiger partial charge in [-0.05, 0) is 29.5 Å². The molecule has 6 heteroatoms. The summed E-state index contributed by atoms with van der Waals surface area (Å²) in [5.41, 5.74) is 0.925. The molecule has 2 N–H and O–H groups in total. The Labute approximate surface area is 133 Å². The maximum Gasteiger partial charge on any atom is 0.178 e. The minimum atomic E-state index is -0.792. The number of hydrogen-bond donors (Lipinski definition) is 2. The van der Waals surface area contributed by atoms with Crippen LogP contribution in [-0.2, 0) is 6.42 Å². The van der Waals surface area contributed by atoms with Crippen molar-refractivity contribution in [2.75, 3.05) is 0 Å². The fourth-order valence-electron chi connectivity index (χ4n) is 2.21. The van der Waals surface area contributed by atoms with Gasteiger partial charge in [-0.25, -0.2) is 4.98 Å². The van der Waals surface area contributed by atoms with Gasteiger partial charge in [0.15, 0.2) is 5.82 Å². The second-order valence-electron chi connectivity index (χ2n) is 5.65. The van der Waals surface area contributed by atoms with Gasteiger partial charge in [0.25, 0.3) is 0 Å². The van der Waals surface area contributed by atoms with Gasteiger partial charge in [-0.2, -0.15) is 5.10 Å². The van der Waals surface area contributed by atoms with Gasteiger partial charge >= 0.3 is 0 Å². The number of benzene rings is 1. The summed E-state index contributed by atoms with van der Waals surface area (Å²) in [7, 11) is 0. The molecule has 1 atom stereocenters. The van der Waals surface area contributed by atoms with Crippen LogP contribution in [0, 0.1) is 5.41 Å². The van der Waals surface area contributed by atoms with Gasteiger partial charge in [-0.1, -0.05) is 49.7 Å².